The third-order valence-electron chi connectivity index (χ3n) is 3.40. The molecule has 0 aromatic carbocycles. The summed E-state index contributed by atoms with van der Waals surface area (Å²) in [6.07, 6.45) is -2.22. The van der Waals surface area contributed by atoms with Gasteiger partial charge >= 0.3 is 6.18 Å². The molecule has 0 bridgehead atoms. The summed E-state index contributed by atoms with van der Waals surface area (Å²) in [6.45, 7) is 1.12. The first kappa shape index (κ1) is 15.4. The molecule has 2 amide bonds. The first-order chi connectivity index (χ1) is 9.79. The summed E-state index contributed by atoms with van der Waals surface area (Å²) in [4.78, 5) is 24.0. The Morgan fingerprint density at radius 1 is 1.38 bits per heavy atom. The summed E-state index contributed by atoms with van der Waals surface area (Å²) in [5.41, 5.74) is 0.0627. The number of carbonyl (C=O) groups is 2. The number of hydrogen-bond donors (Lipinski definition) is 1. The van der Waals surface area contributed by atoms with Gasteiger partial charge in [0.15, 0.2) is 0 Å². The maximum atomic E-state index is 13.1. The Bertz CT molecular complexity index is 513. The summed E-state index contributed by atoms with van der Waals surface area (Å²) in [6, 6.07) is -1.00. The van der Waals surface area contributed by atoms with Crippen molar-refractivity contribution in [2.75, 3.05) is 6.54 Å². The summed E-state index contributed by atoms with van der Waals surface area (Å²) >= 11 is 0. The fourth-order valence-corrected chi connectivity index (χ4v) is 2.49. The number of alkyl halides is 3. The van der Waals surface area contributed by atoms with Crippen LogP contribution in [0.25, 0.3) is 0 Å². The molecule has 5 nitrogen and oxygen atoms in total. The highest BCUT2D eigenvalue weighted by molar-refractivity contribution is 5.94. The smallest absolute Gasteiger partial charge is 0.408 e. The minimum atomic E-state index is -4.50. The van der Waals surface area contributed by atoms with E-state index < -0.39 is 24.2 Å². The van der Waals surface area contributed by atoms with Gasteiger partial charge in [-0.05, 0) is 18.9 Å². The van der Waals surface area contributed by atoms with Gasteiger partial charge in [-0.1, -0.05) is 0 Å². The van der Waals surface area contributed by atoms with Gasteiger partial charge in [0.2, 0.25) is 5.91 Å². The van der Waals surface area contributed by atoms with Crippen molar-refractivity contribution in [3.8, 4) is 0 Å². The molecule has 1 N–H and O–H groups in total. The standard InChI is InChI=1S/C13H15F3N2O3/c1-8(19)17-10-2-3-11(13(14,15)16)18(6-10)12(20)9-4-5-21-7-9/h4-5,7,10-11H,2-3,6H2,1H3,(H,17,19)/t10-,11-/m1/s1. The second kappa shape index (κ2) is 5.79. The molecule has 0 saturated carbocycles. The molecule has 116 valence electrons. The predicted octanol–water partition coefficient (Wildman–Crippen LogP) is 1.95. The number of rotatable bonds is 2. The molecule has 0 spiro atoms. The van der Waals surface area contributed by atoms with Crippen LogP contribution in [0.2, 0.25) is 0 Å². The summed E-state index contributed by atoms with van der Waals surface area (Å²) < 4.78 is 44.0. The molecule has 2 rings (SSSR count). The minimum absolute atomic E-state index is 0.0627. The lowest BCUT2D eigenvalue weighted by molar-refractivity contribution is -0.184. The van der Waals surface area contributed by atoms with Crippen LogP contribution in [-0.2, 0) is 4.79 Å². The number of hydrogen-bond acceptors (Lipinski definition) is 3. The lowest BCUT2D eigenvalue weighted by Gasteiger charge is -2.40. The van der Waals surface area contributed by atoms with Gasteiger partial charge in [-0.3, -0.25) is 9.59 Å². The van der Waals surface area contributed by atoms with E-state index in [2.05, 4.69) is 5.32 Å². The van der Waals surface area contributed by atoms with E-state index in [9.17, 15) is 22.8 Å². The van der Waals surface area contributed by atoms with Gasteiger partial charge in [-0.25, -0.2) is 0 Å². The topological polar surface area (TPSA) is 62.6 Å². The summed E-state index contributed by atoms with van der Waals surface area (Å²) in [5.74, 6) is -1.08. The van der Waals surface area contributed by atoms with Crippen LogP contribution >= 0.6 is 0 Å². The predicted molar refractivity (Wildman–Crippen MR) is 66.4 cm³/mol. The molecule has 1 fully saturated rings. The molecule has 8 heteroatoms. The van der Waals surface area contributed by atoms with Crippen LogP contribution in [0.15, 0.2) is 23.0 Å². The van der Waals surface area contributed by atoms with Gasteiger partial charge in [0.05, 0.1) is 11.8 Å². The molecule has 1 aromatic rings. The van der Waals surface area contributed by atoms with E-state index in [1.807, 2.05) is 0 Å². The normalized spacial score (nSPS) is 23.0. The van der Waals surface area contributed by atoms with Gasteiger partial charge in [0.25, 0.3) is 5.91 Å². The van der Waals surface area contributed by atoms with Crippen LogP contribution in [0.1, 0.15) is 30.1 Å². The Balaban J connectivity index is 2.20. The Morgan fingerprint density at radius 2 is 2.10 bits per heavy atom. The van der Waals surface area contributed by atoms with Gasteiger partial charge in [0.1, 0.15) is 12.3 Å². The molecule has 0 unspecified atom stereocenters. The highest BCUT2D eigenvalue weighted by Crippen LogP contribution is 2.33. The monoisotopic (exact) mass is 304 g/mol. The minimum Gasteiger partial charge on any atom is -0.472 e. The first-order valence-electron chi connectivity index (χ1n) is 6.46. The third-order valence-corrected chi connectivity index (χ3v) is 3.40. The molecule has 2 heterocycles. The Hall–Kier alpha value is -1.99. The van der Waals surface area contributed by atoms with E-state index in [1.54, 1.807) is 0 Å². The zero-order chi connectivity index (χ0) is 15.6. The molecule has 0 aliphatic carbocycles. The molecule has 1 saturated heterocycles. The van der Waals surface area contributed by atoms with E-state index in [4.69, 9.17) is 4.42 Å². The van der Waals surface area contributed by atoms with Crippen molar-refractivity contribution in [2.45, 2.75) is 38.0 Å². The number of halogens is 3. The van der Waals surface area contributed by atoms with Crippen LogP contribution in [0.5, 0.6) is 0 Å². The Morgan fingerprint density at radius 3 is 2.62 bits per heavy atom. The highest BCUT2D eigenvalue weighted by atomic mass is 19.4. The van der Waals surface area contributed by atoms with E-state index >= 15 is 0 Å². The number of nitrogens with one attached hydrogen (secondary N) is 1. The van der Waals surface area contributed by atoms with Crippen molar-refractivity contribution < 1.29 is 27.2 Å². The summed E-state index contributed by atoms with van der Waals surface area (Å²) in [5, 5.41) is 2.56. The van der Waals surface area contributed by atoms with Crippen molar-refractivity contribution in [1.29, 1.82) is 0 Å². The van der Waals surface area contributed by atoms with Crippen LogP contribution < -0.4 is 5.32 Å². The summed E-state index contributed by atoms with van der Waals surface area (Å²) in [7, 11) is 0. The van der Waals surface area contributed by atoms with Crippen molar-refractivity contribution in [3.05, 3.63) is 24.2 Å². The molecular weight excluding hydrogens is 289 g/mol. The maximum absolute atomic E-state index is 13.1. The zero-order valence-corrected chi connectivity index (χ0v) is 11.3. The van der Waals surface area contributed by atoms with Gasteiger partial charge in [-0.2, -0.15) is 13.2 Å². The Labute approximate surface area is 119 Å². The maximum Gasteiger partial charge on any atom is 0.408 e. The lowest BCUT2D eigenvalue weighted by atomic mass is 9.97. The fraction of sp³-hybridized carbons (Fsp3) is 0.538. The molecule has 21 heavy (non-hydrogen) atoms. The number of carbonyl (C=O) groups excluding carboxylic acids is 2. The third kappa shape index (κ3) is 3.56. The van der Waals surface area contributed by atoms with Crippen molar-refractivity contribution >= 4 is 11.8 Å². The van der Waals surface area contributed by atoms with Gasteiger partial charge < -0.3 is 14.6 Å². The molecule has 1 aliphatic heterocycles. The second-order valence-electron chi connectivity index (χ2n) is 5.00. The van der Waals surface area contributed by atoms with Gasteiger partial charge in [0, 0.05) is 19.5 Å². The number of furan rings is 1. The molecule has 1 aromatic heterocycles. The largest absolute Gasteiger partial charge is 0.472 e. The molecule has 2 atom stereocenters. The first-order valence-corrected chi connectivity index (χ1v) is 6.46. The van der Waals surface area contributed by atoms with E-state index in [0.29, 0.717) is 0 Å². The second-order valence-corrected chi connectivity index (χ2v) is 5.00. The van der Waals surface area contributed by atoms with Crippen molar-refractivity contribution in [1.82, 2.24) is 10.2 Å². The molecular formula is C13H15F3N2O3. The Kier molecular flexibility index (Phi) is 4.24. The van der Waals surface area contributed by atoms with E-state index in [-0.39, 0.29) is 30.9 Å². The molecule has 1 aliphatic rings. The SMILES string of the molecule is CC(=O)N[C@@H]1CC[C@H](C(F)(F)F)N(C(=O)c2ccoc2)C1. The van der Waals surface area contributed by atoms with Crippen LogP contribution in [0.3, 0.4) is 0 Å². The van der Waals surface area contributed by atoms with Crippen LogP contribution in [0.4, 0.5) is 13.2 Å². The van der Waals surface area contributed by atoms with Crippen LogP contribution in [0, 0.1) is 0 Å². The number of nitrogens with zero attached hydrogens (tertiary/aromatic N) is 1. The number of amides is 2. The highest BCUT2D eigenvalue weighted by Gasteiger charge is 2.48. The van der Waals surface area contributed by atoms with Crippen molar-refractivity contribution in [2.24, 2.45) is 0 Å². The quantitative estimate of drug-likeness (QED) is 0.908. The fourth-order valence-electron chi connectivity index (χ4n) is 2.49. The number of piperidine rings is 1. The van der Waals surface area contributed by atoms with Gasteiger partial charge in [-0.15, -0.1) is 0 Å². The zero-order valence-electron chi connectivity index (χ0n) is 11.3. The lowest BCUT2D eigenvalue weighted by Crippen LogP contribution is -2.58. The average Bonchev–Trinajstić information content (AvgIpc) is 2.89. The van der Waals surface area contributed by atoms with Crippen LogP contribution in [-0.4, -0.2) is 41.5 Å². The molecule has 0 radical (unpaired) electrons. The average molecular weight is 304 g/mol. The van der Waals surface area contributed by atoms with Crippen molar-refractivity contribution in [3.63, 3.8) is 0 Å². The van der Waals surface area contributed by atoms with E-state index in [0.717, 1.165) is 11.2 Å². The number of likely N-dealkylation sites (tertiary alicyclic amines) is 1. The van der Waals surface area contributed by atoms with E-state index in [1.165, 1.54) is 19.3 Å².